The first-order chi connectivity index (χ1) is 9.99. The van der Waals surface area contributed by atoms with Crippen LogP contribution in [-0.2, 0) is 9.59 Å². The number of hydrogen-bond donors (Lipinski definition) is 3. The molecule has 8 nitrogen and oxygen atoms in total. The zero-order valence-corrected chi connectivity index (χ0v) is 11.8. The number of hydrazone groups is 1. The Morgan fingerprint density at radius 2 is 1.76 bits per heavy atom. The molecule has 0 saturated heterocycles. The lowest BCUT2D eigenvalue weighted by Gasteiger charge is -2.08. The lowest BCUT2D eigenvalue weighted by Crippen LogP contribution is -2.37. The van der Waals surface area contributed by atoms with E-state index < -0.39 is 5.91 Å². The maximum absolute atomic E-state index is 11.8. The van der Waals surface area contributed by atoms with Crippen molar-refractivity contribution in [2.24, 2.45) is 5.10 Å². The van der Waals surface area contributed by atoms with Crippen LogP contribution in [0.2, 0.25) is 0 Å². The third-order valence-corrected chi connectivity index (χ3v) is 2.32. The van der Waals surface area contributed by atoms with Crippen molar-refractivity contribution in [3.8, 4) is 0 Å². The van der Waals surface area contributed by atoms with Gasteiger partial charge < -0.3 is 10.6 Å². The second-order valence-corrected chi connectivity index (χ2v) is 4.18. The molecule has 8 heteroatoms. The van der Waals surface area contributed by atoms with Crippen molar-refractivity contribution in [2.45, 2.75) is 13.8 Å². The van der Waals surface area contributed by atoms with E-state index in [1.54, 1.807) is 18.3 Å². The van der Waals surface area contributed by atoms with E-state index in [0.717, 1.165) is 0 Å². The molecule has 21 heavy (non-hydrogen) atoms. The average Bonchev–Trinajstić information content (AvgIpc) is 2.46. The Balaban J connectivity index is 2.65. The van der Waals surface area contributed by atoms with Gasteiger partial charge >= 0.3 is 0 Å². The number of rotatable bonds is 6. The fraction of sp³-hybridized carbons (Fsp3) is 0.308. The van der Waals surface area contributed by atoms with Crippen molar-refractivity contribution in [3.05, 3.63) is 30.1 Å². The summed E-state index contributed by atoms with van der Waals surface area (Å²) < 4.78 is 0. The highest BCUT2D eigenvalue weighted by molar-refractivity contribution is 5.97. The van der Waals surface area contributed by atoms with Crippen LogP contribution in [0, 0.1) is 0 Å². The first-order valence-electron chi connectivity index (χ1n) is 6.23. The van der Waals surface area contributed by atoms with E-state index in [9.17, 15) is 14.4 Å². The highest BCUT2D eigenvalue weighted by atomic mass is 16.2. The number of amides is 3. The molecule has 0 aliphatic heterocycles. The largest absolute Gasteiger partial charge is 0.351 e. The van der Waals surface area contributed by atoms with E-state index >= 15 is 0 Å². The van der Waals surface area contributed by atoms with Crippen LogP contribution in [0.5, 0.6) is 0 Å². The number of hydrogen-bond acceptors (Lipinski definition) is 5. The van der Waals surface area contributed by atoms with E-state index in [1.165, 1.54) is 20.0 Å². The Hall–Kier alpha value is -2.77. The van der Waals surface area contributed by atoms with Gasteiger partial charge in [0.2, 0.25) is 11.8 Å². The number of nitrogens with zero attached hydrogens (tertiary/aromatic N) is 2. The topological polar surface area (TPSA) is 113 Å². The first kappa shape index (κ1) is 16.3. The van der Waals surface area contributed by atoms with Gasteiger partial charge in [-0.15, -0.1) is 0 Å². The van der Waals surface area contributed by atoms with Crippen molar-refractivity contribution in [3.63, 3.8) is 0 Å². The summed E-state index contributed by atoms with van der Waals surface area (Å²) in [5.74, 6) is -0.889. The summed E-state index contributed by atoms with van der Waals surface area (Å²) >= 11 is 0. The van der Waals surface area contributed by atoms with Crippen LogP contribution in [-0.4, -0.2) is 41.5 Å². The minimum absolute atomic E-state index is 0.128. The first-order valence-corrected chi connectivity index (χ1v) is 6.23. The summed E-state index contributed by atoms with van der Waals surface area (Å²) in [6.07, 6.45) is 2.96. The third-order valence-electron chi connectivity index (χ3n) is 2.32. The normalized spacial score (nSPS) is 9.43. The molecule has 1 aromatic heterocycles. The Bertz CT molecular complexity index is 522. The fourth-order valence-corrected chi connectivity index (χ4v) is 1.29. The average molecular weight is 291 g/mol. The molecular weight excluding hydrogens is 274 g/mol. The molecule has 0 fully saturated rings. The quantitative estimate of drug-likeness (QED) is 0.481. The molecule has 0 bridgehead atoms. The van der Waals surface area contributed by atoms with Crippen molar-refractivity contribution in [2.75, 3.05) is 13.1 Å². The number of aromatic nitrogens is 1. The number of nitrogens with one attached hydrogen (secondary N) is 3. The lowest BCUT2D eigenvalue weighted by atomic mass is 10.3. The SMILES string of the molecule is CC(=O)NCC(CNC(C)=O)=NNC(=O)c1cccnc1. The van der Waals surface area contributed by atoms with Crippen LogP contribution in [0.1, 0.15) is 24.2 Å². The molecule has 1 heterocycles. The van der Waals surface area contributed by atoms with Crippen molar-refractivity contribution in [1.29, 1.82) is 0 Å². The van der Waals surface area contributed by atoms with Gasteiger partial charge in [-0.3, -0.25) is 19.4 Å². The molecule has 0 unspecified atom stereocenters. The van der Waals surface area contributed by atoms with Gasteiger partial charge in [0.15, 0.2) is 0 Å². The molecule has 1 rings (SSSR count). The van der Waals surface area contributed by atoms with Gasteiger partial charge in [-0.2, -0.15) is 5.10 Å². The van der Waals surface area contributed by atoms with Crippen LogP contribution in [0.15, 0.2) is 29.6 Å². The molecule has 0 atom stereocenters. The molecule has 0 radical (unpaired) electrons. The summed E-state index contributed by atoms with van der Waals surface area (Å²) in [7, 11) is 0. The predicted octanol–water partition coefficient (Wildman–Crippen LogP) is -0.560. The third kappa shape index (κ3) is 6.81. The zero-order valence-electron chi connectivity index (χ0n) is 11.8. The van der Waals surface area contributed by atoms with E-state index in [1.807, 2.05) is 0 Å². The highest BCUT2D eigenvalue weighted by Gasteiger charge is 2.06. The number of carbonyl (C=O) groups is 3. The van der Waals surface area contributed by atoms with Gasteiger partial charge in [-0.05, 0) is 12.1 Å². The summed E-state index contributed by atoms with van der Waals surface area (Å²) in [5, 5.41) is 9.00. The van der Waals surface area contributed by atoms with E-state index in [4.69, 9.17) is 0 Å². The Morgan fingerprint density at radius 3 is 2.24 bits per heavy atom. The maximum atomic E-state index is 11.8. The molecule has 112 valence electrons. The van der Waals surface area contributed by atoms with Crippen molar-refractivity contribution in [1.82, 2.24) is 21.0 Å². The summed E-state index contributed by atoms with van der Waals surface area (Å²) in [4.78, 5) is 37.4. The van der Waals surface area contributed by atoms with Crippen LogP contribution in [0.4, 0.5) is 0 Å². The predicted molar refractivity (Wildman–Crippen MR) is 76.5 cm³/mol. The summed E-state index contributed by atoms with van der Waals surface area (Å²) in [6, 6.07) is 3.23. The smallest absolute Gasteiger partial charge is 0.272 e. The lowest BCUT2D eigenvalue weighted by molar-refractivity contribution is -0.119. The van der Waals surface area contributed by atoms with Crippen LogP contribution in [0.25, 0.3) is 0 Å². The molecular formula is C13H17N5O3. The maximum Gasteiger partial charge on any atom is 0.272 e. The van der Waals surface area contributed by atoms with Crippen molar-refractivity contribution >= 4 is 23.4 Å². The van der Waals surface area contributed by atoms with Gasteiger partial charge in [-0.25, -0.2) is 5.43 Å². The van der Waals surface area contributed by atoms with Crippen LogP contribution in [0.3, 0.4) is 0 Å². The highest BCUT2D eigenvalue weighted by Crippen LogP contribution is 1.94. The van der Waals surface area contributed by atoms with E-state index in [0.29, 0.717) is 11.3 Å². The number of pyridine rings is 1. The molecule has 0 saturated carbocycles. The Labute approximate surface area is 122 Å². The van der Waals surface area contributed by atoms with Crippen LogP contribution >= 0.6 is 0 Å². The summed E-state index contributed by atoms with van der Waals surface area (Å²) in [5.41, 5.74) is 3.13. The summed E-state index contributed by atoms with van der Waals surface area (Å²) in [6.45, 7) is 2.99. The molecule has 0 aliphatic carbocycles. The number of carbonyl (C=O) groups excluding carboxylic acids is 3. The van der Waals surface area contributed by atoms with Crippen molar-refractivity contribution < 1.29 is 14.4 Å². The minimum Gasteiger partial charge on any atom is -0.351 e. The van der Waals surface area contributed by atoms with E-state index in [-0.39, 0.29) is 24.9 Å². The second kappa shape index (κ2) is 8.41. The fourth-order valence-electron chi connectivity index (χ4n) is 1.29. The molecule has 3 amide bonds. The molecule has 0 aliphatic rings. The van der Waals surface area contributed by atoms with Crippen LogP contribution < -0.4 is 16.1 Å². The van der Waals surface area contributed by atoms with Gasteiger partial charge in [0.25, 0.3) is 5.91 Å². The molecule has 1 aromatic rings. The van der Waals surface area contributed by atoms with Gasteiger partial charge in [0, 0.05) is 26.2 Å². The van der Waals surface area contributed by atoms with Gasteiger partial charge in [0.1, 0.15) is 0 Å². The van der Waals surface area contributed by atoms with Gasteiger partial charge in [0.05, 0.1) is 24.4 Å². The monoisotopic (exact) mass is 291 g/mol. The zero-order chi connectivity index (χ0) is 15.7. The molecule has 3 N–H and O–H groups in total. The van der Waals surface area contributed by atoms with E-state index in [2.05, 4.69) is 26.1 Å². The van der Waals surface area contributed by atoms with Gasteiger partial charge in [-0.1, -0.05) is 0 Å². The molecule has 0 spiro atoms. The minimum atomic E-state index is -0.425. The Morgan fingerprint density at radius 1 is 1.14 bits per heavy atom. The standard InChI is InChI=1S/C13H17N5O3/c1-9(19)15-7-12(8-16-10(2)20)17-18-13(21)11-4-3-5-14-6-11/h3-6H,7-8H2,1-2H3,(H,15,19)(H,16,20)(H,18,21). The Kier molecular flexibility index (Phi) is 6.52. The second-order valence-electron chi connectivity index (χ2n) is 4.18. The molecule has 0 aromatic carbocycles.